The van der Waals surface area contributed by atoms with Crippen molar-refractivity contribution in [3.63, 3.8) is 0 Å². The van der Waals surface area contributed by atoms with Gasteiger partial charge in [-0.25, -0.2) is 9.97 Å². The predicted molar refractivity (Wildman–Crippen MR) is 133 cm³/mol. The van der Waals surface area contributed by atoms with Gasteiger partial charge in [-0.1, -0.05) is 12.1 Å². The molecule has 3 aromatic heterocycles. The van der Waals surface area contributed by atoms with Crippen LogP contribution in [-0.4, -0.2) is 39.3 Å². The van der Waals surface area contributed by atoms with Crippen molar-refractivity contribution >= 4 is 45.4 Å². The summed E-state index contributed by atoms with van der Waals surface area (Å²) in [7, 11) is 0. The topological polar surface area (TPSA) is 151 Å². The fraction of sp³-hybridized carbons (Fsp3) is 0.115. The van der Waals surface area contributed by atoms with Gasteiger partial charge in [0.1, 0.15) is 23.2 Å². The summed E-state index contributed by atoms with van der Waals surface area (Å²) in [5.41, 5.74) is 4.14. The fourth-order valence-electron chi connectivity index (χ4n) is 4.19. The monoisotopic (exact) mass is 496 g/mol. The van der Waals surface area contributed by atoms with Crippen molar-refractivity contribution in [1.82, 2.24) is 25.6 Å². The van der Waals surface area contributed by atoms with Crippen LogP contribution in [0.5, 0.6) is 5.75 Å². The third kappa shape index (κ3) is 4.33. The lowest BCUT2D eigenvalue weighted by atomic mass is 10.1. The number of hydrogen-bond acceptors (Lipinski definition) is 7. The van der Waals surface area contributed by atoms with E-state index >= 15 is 0 Å². The van der Waals surface area contributed by atoms with E-state index in [1.165, 1.54) is 12.5 Å². The van der Waals surface area contributed by atoms with Crippen LogP contribution in [0.25, 0.3) is 22.0 Å². The van der Waals surface area contributed by atoms with E-state index in [-0.39, 0.29) is 30.7 Å². The Balaban J connectivity index is 1.15. The van der Waals surface area contributed by atoms with Crippen molar-refractivity contribution in [3.8, 4) is 5.75 Å². The minimum atomic E-state index is -0.437. The summed E-state index contributed by atoms with van der Waals surface area (Å²) in [6, 6.07) is 12.8. The summed E-state index contributed by atoms with van der Waals surface area (Å²) in [4.78, 5) is 48.7. The second kappa shape index (κ2) is 9.11. The second-order valence-corrected chi connectivity index (χ2v) is 8.47. The number of fused-ring (bicyclic) bond motifs is 3. The van der Waals surface area contributed by atoms with E-state index in [9.17, 15) is 14.4 Å². The third-order valence-electron chi connectivity index (χ3n) is 6.02. The van der Waals surface area contributed by atoms with E-state index in [2.05, 4.69) is 30.9 Å². The standard InChI is InChI=1S/C26H20N6O5/c33-21-12-37-20-4-2-15(8-18(20)32-21)10-29-26(35)24-23-22(30-13-31-24)17(11-27-23)25(34)28-9-14-1-3-19-16(7-14)5-6-36-19/h1-8,11,13,27H,9-10,12H2,(H,28,34)(H,29,35)(H,32,33). The molecule has 0 saturated carbocycles. The normalized spacial score (nSPS) is 12.6. The average molecular weight is 496 g/mol. The van der Waals surface area contributed by atoms with Gasteiger partial charge in [-0.2, -0.15) is 0 Å². The quantitative estimate of drug-likeness (QED) is 0.282. The molecule has 11 heteroatoms. The number of hydrogen-bond donors (Lipinski definition) is 4. The molecule has 2 aromatic carbocycles. The molecule has 37 heavy (non-hydrogen) atoms. The van der Waals surface area contributed by atoms with Gasteiger partial charge in [0, 0.05) is 24.7 Å². The van der Waals surface area contributed by atoms with Gasteiger partial charge in [0.2, 0.25) is 0 Å². The molecule has 6 rings (SSSR count). The zero-order chi connectivity index (χ0) is 25.4. The van der Waals surface area contributed by atoms with Crippen LogP contribution in [0.2, 0.25) is 0 Å². The predicted octanol–water partition coefficient (Wildman–Crippen LogP) is 2.89. The zero-order valence-corrected chi connectivity index (χ0v) is 19.3. The van der Waals surface area contributed by atoms with Crippen molar-refractivity contribution in [2.24, 2.45) is 0 Å². The Morgan fingerprint density at radius 2 is 1.78 bits per heavy atom. The number of nitrogens with one attached hydrogen (secondary N) is 4. The first-order valence-corrected chi connectivity index (χ1v) is 11.5. The molecule has 4 heterocycles. The molecule has 0 saturated heterocycles. The number of amides is 3. The van der Waals surface area contributed by atoms with E-state index in [1.807, 2.05) is 24.3 Å². The average Bonchev–Trinajstić information content (AvgIpc) is 3.57. The molecule has 0 atom stereocenters. The molecule has 1 aliphatic rings. The Bertz CT molecular complexity index is 1690. The maximum absolute atomic E-state index is 12.9. The lowest BCUT2D eigenvalue weighted by molar-refractivity contribution is -0.118. The Morgan fingerprint density at radius 3 is 2.68 bits per heavy atom. The Hall–Kier alpha value is -5.19. The number of furan rings is 1. The number of H-pyrrole nitrogens is 1. The van der Waals surface area contributed by atoms with Gasteiger partial charge >= 0.3 is 0 Å². The molecule has 0 aliphatic carbocycles. The number of benzene rings is 2. The van der Waals surface area contributed by atoms with Crippen LogP contribution in [0.4, 0.5) is 5.69 Å². The number of ether oxygens (including phenoxy) is 1. The molecule has 0 bridgehead atoms. The Labute approximate surface area is 209 Å². The van der Waals surface area contributed by atoms with Crippen molar-refractivity contribution in [2.45, 2.75) is 13.1 Å². The summed E-state index contributed by atoms with van der Waals surface area (Å²) in [6.07, 6.45) is 4.38. The molecule has 0 radical (unpaired) electrons. The summed E-state index contributed by atoms with van der Waals surface area (Å²) < 4.78 is 10.7. The highest BCUT2D eigenvalue weighted by atomic mass is 16.5. The molecule has 0 spiro atoms. The molecule has 1 aliphatic heterocycles. The van der Waals surface area contributed by atoms with Crippen molar-refractivity contribution in [3.05, 3.63) is 83.6 Å². The highest BCUT2D eigenvalue weighted by Gasteiger charge is 2.20. The smallest absolute Gasteiger partial charge is 0.272 e. The largest absolute Gasteiger partial charge is 0.482 e. The van der Waals surface area contributed by atoms with Gasteiger partial charge in [-0.15, -0.1) is 0 Å². The van der Waals surface area contributed by atoms with Crippen molar-refractivity contribution < 1.29 is 23.5 Å². The lowest BCUT2D eigenvalue weighted by Gasteiger charge is -2.18. The summed E-state index contributed by atoms with van der Waals surface area (Å²) in [5.74, 6) is -0.427. The molecular weight excluding hydrogens is 476 g/mol. The van der Waals surface area contributed by atoms with Crippen LogP contribution in [0.1, 0.15) is 32.0 Å². The molecule has 3 amide bonds. The molecule has 5 aromatic rings. The summed E-state index contributed by atoms with van der Waals surface area (Å²) >= 11 is 0. The van der Waals surface area contributed by atoms with Gasteiger partial charge in [-0.3, -0.25) is 14.4 Å². The van der Waals surface area contributed by atoms with Gasteiger partial charge in [0.25, 0.3) is 17.7 Å². The maximum Gasteiger partial charge on any atom is 0.272 e. The minimum absolute atomic E-state index is 0.0238. The van der Waals surface area contributed by atoms with E-state index in [0.29, 0.717) is 34.6 Å². The van der Waals surface area contributed by atoms with E-state index in [4.69, 9.17) is 9.15 Å². The summed E-state index contributed by atoms with van der Waals surface area (Å²) in [6.45, 7) is 0.490. The van der Waals surface area contributed by atoms with Crippen LogP contribution < -0.4 is 20.7 Å². The van der Waals surface area contributed by atoms with Crippen LogP contribution in [0, 0.1) is 0 Å². The first-order chi connectivity index (χ1) is 18.0. The molecule has 4 N–H and O–H groups in total. The van der Waals surface area contributed by atoms with Crippen molar-refractivity contribution in [2.75, 3.05) is 11.9 Å². The van der Waals surface area contributed by atoms with Crippen molar-refractivity contribution in [1.29, 1.82) is 0 Å². The summed E-state index contributed by atoms with van der Waals surface area (Å²) in [5, 5.41) is 9.39. The van der Waals surface area contributed by atoms with Crippen LogP contribution >= 0.6 is 0 Å². The second-order valence-electron chi connectivity index (χ2n) is 8.47. The number of carbonyl (C=O) groups excluding carboxylic acids is 3. The molecule has 184 valence electrons. The first kappa shape index (κ1) is 22.3. The van der Waals surface area contributed by atoms with Crippen LogP contribution in [0.3, 0.4) is 0 Å². The Kier molecular flexibility index (Phi) is 5.49. The Morgan fingerprint density at radius 1 is 0.973 bits per heavy atom. The fourth-order valence-corrected chi connectivity index (χ4v) is 4.19. The number of anilines is 1. The first-order valence-electron chi connectivity index (χ1n) is 11.5. The number of aromatic amines is 1. The molecule has 0 fully saturated rings. The highest BCUT2D eigenvalue weighted by molar-refractivity contribution is 6.10. The third-order valence-corrected chi connectivity index (χ3v) is 6.02. The molecule has 11 nitrogen and oxygen atoms in total. The molecular formula is C26H20N6O5. The van der Waals surface area contributed by atoms with E-state index in [1.54, 1.807) is 24.5 Å². The minimum Gasteiger partial charge on any atom is -0.482 e. The number of aromatic nitrogens is 3. The van der Waals surface area contributed by atoms with Gasteiger partial charge in [-0.05, 0) is 41.5 Å². The number of carbonyl (C=O) groups is 3. The number of rotatable bonds is 6. The SMILES string of the molecule is O=C1COc2ccc(CNC(=O)c3ncnc4c(C(=O)NCc5ccc6occc6c5)c[nH]c34)cc2N1. The van der Waals surface area contributed by atoms with E-state index < -0.39 is 5.91 Å². The highest BCUT2D eigenvalue weighted by Crippen LogP contribution is 2.28. The lowest BCUT2D eigenvalue weighted by Crippen LogP contribution is -2.26. The molecule has 0 unspecified atom stereocenters. The van der Waals surface area contributed by atoms with E-state index in [0.717, 1.165) is 22.1 Å². The van der Waals surface area contributed by atoms with Gasteiger partial charge in [0.15, 0.2) is 12.3 Å². The zero-order valence-electron chi connectivity index (χ0n) is 19.3. The van der Waals surface area contributed by atoms with Crippen LogP contribution in [-0.2, 0) is 17.9 Å². The maximum atomic E-state index is 12.9. The van der Waals surface area contributed by atoms with Crippen LogP contribution in [0.15, 0.2) is 65.7 Å². The van der Waals surface area contributed by atoms with Gasteiger partial charge in [0.05, 0.1) is 23.0 Å². The number of nitrogens with zero attached hydrogens (tertiary/aromatic N) is 2. The van der Waals surface area contributed by atoms with Gasteiger partial charge < -0.3 is 30.1 Å².